The molecule has 0 spiro atoms. The third kappa shape index (κ3) is 3.73. The van der Waals surface area contributed by atoms with Crippen LogP contribution in [0.2, 0.25) is 0 Å². The van der Waals surface area contributed by atoms with E-state index in [1.165, 1.54) is 20.3 Å². The minimum atomic E-state index is -0.449. The van der Waals surface area contributed by atoms with Gasteiger partial charge in [-0.1, -0.05) is 18.2 Å². The minimum Gasteiger partial charge on any atom is -0.495 e. The van der Waals surface area contributed by atoms with Crippen molar-refractivity contribution in [3.8, 4) is 11.5 Å². The van der Waals surface area contributed by atoms with Crippen LogP contribution in [0.1, 0.15) is 21.6 Å². The van der Waals surface area contributed by atoms with E-state index < -0.39 is 5.82 Å². The summed E-state index contributed by atoms with van der Waals surface area (Å²) in [6.07, 6.45) is 5.05. The molecule has 6 nitrogen and oxygen atoms in total. The number of aromatic amines is 1. The average molecular weight is 381 g/mol. The number of fused-ring (bicyclic) bond motifs is 1. The standard InChI is InChI=1S/C21H20FN3O3/c1-4-11-23-21(26)14-7-9-17-19(20(14)28-3)16(24-25-17)8-5-13-6-10-18(27-2)15(22)12-13/h4-10,12H,1,11H2,2-3H3,(H,23,26)(H,24,25). The van der Waals surface area contributed by atoms with Crippen molar-refractivity contribution in [3.63, 3.8) is 0 Å². The van der Waals surface area contributed by atoms with Gasteiger partial charge < -0.3 is 14.8 Å². The van der Waals surface area contributed by atoms with Gasteiger partial charge in [-0.3, -0.25) is 9.89 Å². The molecule has 0 saturated carbocycles. The van der Waals surface area contributed by atoms with Gasteiger partial charge in [-0.2, -0.15) is 5.10 Å². The summed E-state index contributed by atoms with van der Waals surface area (Å²) in [5.41, 5.74) is 2.33. The van der Waals surface area contributed by atoms with Gasteiger partial charge in [0, 0.05) is 6.54 Å². The van der Waals surface area contributed by atoms with Crippen molar-refractivity contribution in [2.45, 2.75) is 0 Å². The lowest BCUT2D eigenvalue weighted by Gasteiger charge is -2.10. The van der Waals surface area contributed by atoms with Crippen molar-refractivity contribution in [1.82, 2.24) is 15.5 Å². The normalized spacial score (nSPS) is 11.0. The Labute approximate surface area is 161 Å². The van der Waals surface area contributed by atoms with E-state index in [1.54, 1.807) is 42.5 Å². The zero-order valence-electron chi connectivity index (χ0n) is 15.6. The Morgan fingerprint density at radius 1 is 1.25 bits per heavy atom. The molecule has 0 atom stereocenters. The molecule has 0 aliphatic rings. The van der Waals surface area contributed by atoms with E-state index >= 15 is 0 Å². The number of amides is 1. The zero-order valence-corrected chi connectivity index (χ0v) is 15.6. The lowest BCUT2D eigenvalue weighted by atomic mass is 10.1. The molecule has 144 valence electrons. The fourth-order valence-electron chi connectivity index (χ4n) is 2.84. The average Bonchev–Trinajstić information content (AvgIpc) is 3.13. The van der Waals surface area contributed by atoms with Gasteiger partial charge >= 0.3 is 0 Å². The van der Waals surface area contributed by atoms with E-state index in [4.69, 9.17) is 9.47 Å². The van der Waals surface area contributed by atoms with Gasteiger partial charge in [-0.05, 0) is 35.9 Å². The first-order valence-electron chi connectivity index (χ1n) is 8.54. The first kappa shape index (κ1) is 19.2. The molecule has 1 amide bonds. The fraction of sp³-hybridized carbons (Fsp3) is 0.143. The topological polar surface area (TPSA) is 76.2 Å². The summed E-state index contributed by atoms with van der Waals surface area (Å²) in [4.78, 5) is 12.4. The van der Waals surface area contributed by atoms with Crippen LogP contribution in [0.3, 0.4) is 0 Å². The van der Waals surface area contributed by atoms with Crippen molar-refractivity contribution in [3.05, 3.63) is 65.6 Å². The van der Waals surface area contributed by atoms with Gasteiger partial charge in [0.25, 0.3) is 5.91 Å². The molecular formula is C21H20FN3O3. The number of nitrogens with zero attached hydrogens (tertiary/aromatic N) is 1. The van der Waals surface area contributed by atoms with Gasteiger partial charge in [0.1, 0.15) is 5.75 Å². The molecule has 1 heterocycles. The van der Waals surface area contributed by atoms with Crippen LogP contribution in [0.15, 0.2) is 43.0 Å². The maximum atomic E-state index is 13.9. The lowest BCUT2D eigenvalue weighted by Crippen LogP contribution is -2.23. The predicted octanol–water partition coefficient (Wildman–Crippen LogP) is 3.81. The number of nitrogens with one attached hydrogen (secondary N) is 2. The van der Waals surface area contributed by atoms with Crippen LogP contribution >= 0.6 is 0 Å². The first-order valence-corrected chi connectivity index (χ1v) is 8.54. The zero-order chi connectivity index (χ0) is 20.1. The van der Waals surface area contributed by atoms with Crippen molar-refractivity contribution < 1.29 is 18.7 Å². The van der Waals surface area contributed by atoms with Crippen molar-refractivity contribution in [2.75, 3.05) is 20.8 Å². The summed E-state index contributed by atoms with van der Waals surface area (Å²) < 4.78 is 24.3. The molecule has 28 heavy (non-hydrogen) atoms. The molecule has 0 saturated heterocycles. The second-order valence-corrected chi connectivity index (χ2v) is 5.90. The van der Waals surface area contributed by atoms with Crippen LogP contribution in [0, 0.1) is 5.82 Å². The number of hydrogen-bond acceptors (Lipinski definition) is 4. The molecule has 7 heteroatoms. The number of halogens is 1. The van der Waals surface area contributed by atoms with Crippen LogP contribution in [0.5, 0.6) is 11.5 Å². The number of aromatic nitrogens is 2. The number of carbonyl (C=O) groups is 1. The van der Waals surface area contributed by atoms with E-state index in [1.807, 2.05) is 0 Å². The molecule has 0 radical (unpaired) electrons. The minimum absolute atomic E-state index is 0.180. The maximum Gasteiger partial charge on any atom is 0.255 e. The summed E-state index contributed by atoms with van der Waals surface area (Å²) in [5.74, 6) is -0.130. The smallest absolute Gasteiger partial charge is 0.255 e. The number of benzene rings is 2. The summed E-state index contributed by atoms with van der Waals surface area (Å²) in [7, 11) is 2.91. The van der Waals surface area contributed by atoms with Crippen molar-refractivity contribution in [2.24, 2.45) is 0 Å². The molecule has 0 fully saturated rings. The van der Waals surface area contributed by atoms with Gasteiger partial charge in [-0.15, -0.1) is 6.58 Å². The van der Waals surface area contributed by atoms with E-state index in [-0.39, 0.29) is 11.7 Å². The predicted molar refractivity (Wildman–Crippen MR) is 107 cm³/mol. The van der Waals surface area contributed by atoms with E-state index in [9.17, 15) is 9.18 Å². The number of H-pyrrole nitrogens is 1. The molecule has 2 aromatic carbocycles. The van der Waals surface area contributed by atoms with Crippen molar-refractivity contribution in [1.29, 1.82) is 0 Å². The Morgan fingerprint density at radius 2 is 2.07 bits per heavy atom. The third-order valence-corrected chi connectivity index (χ3v) is 4.18. The molecular weight excluding hydrogens is 361 g/mol. The highest BCUT2D eigenvalue weighted by molar-refractivity contribution is 6.05. The van der Waals surface area contributed by atoms with Gasteiger partial charge in [-0.25, -0.2) is 4.39 Å². The molecule has 0 aliphatic heterocycles. The number of carbonyl (C=O) groups excluding carboxylic acids is 1. The monoisotopic (exact) mass is 381 g/mol. The Kier molecular flexibility index (Phi) is 5.74. The Morgan fingerprint density at radius 3 is 2.75 bits per heavy atom. The largest absolute Gasteiger partial charge is 0.495 e. The Balaban J connectivity index is 2.01. The number of ether oxygens (including phenoxy) is 2. The second kappa shape index (κ2) is 8.39. The van der Waals surface area contributed by atoms with Crippen LogP contribution < -0.4 is 14.8 Å². The molecule has 3 rings (SSSR count). The molecule has 1 aromatic heterocycles. The summed E-state index contributed by atoms with van der Waals surface area (Å²) in [6, 6.07) is 8.09. The van der Waals surface area contributed by atoms with Gasteiger partial charge in [0.15, 0.2) is 11.6 Å². The van der Waals surface area contributed by atoms with Gasteiger partial charge in [0.2, 0.25) is 0 Å². The SMILES string of the molecule is C=CCNC(=O)c1ccc2[nH]nc(C=Cc3ccc(OC)c(F)c3)c2c1OC. The second-order valence-electron chi connectivity index (χ2n) is 5.90. The summed E-state index contributed by atoms with van der Waals surface area (Å²) >= 11 is 0. The van der Waals surface area contributed by atoms with Crippen LogP contribution in [0.4, 0.5) is 4.39 Å². The highest BCUT2D eigenvalue weighted by atomic mass is 19.1. The van der Waals surface area contributed by atoms with Crippen LogP contribution in [-0.4, -0.2) is 36.9 Å². The third-order valence-electron chi connectivity index (χ3n) is 4.18. The van der Waals surface area contributed by atoms with Crippen molar-refractivity contribution >= 4 is 29.0 Å². The molecule has 0 bridgehead atoms. The van der Waals surface area contributed by atoms with Crippen LogP contribution in [0.25, 0.3) is 23.1 Å². The van der Waals surface area contributed by atoms with Gasteiger partial charge in [0.05, 0.1) is 36.4 Å². The summed E-state index contributed by atoms with van der Waals surface area (Å²) in [6.45, 7) is 3.94. The number of methoxy groups -OCH3 is 2. The first-order chi connectivity index (χ1) is 13.6. The van der Waals surface area contributed by atoms with E-state index in [0.29, 0.717) is 34.5 Å². The Bertz CT molecular complexity index is 1060. The van der Waals surface area contributed by atoms with E-state index in [2.05, 4.69) is 22.1 Å². The maximum absolute atomic E-state index is 13.9. The highest BCUT2D eigenvalue weighted by Crippen LogP contribution is 2.32. The molecule has 3 aromatic rings. The molecule has 0 aliphatic carbocycles. The highest BCUT2D eigenvalue weighted by Gasteiger charge is 2.18. The molecule has 2 N–H and O–H groups in total. The quantitative estimate of drug-likeness (QED) is 0.610. The lowest BCUT2D eigenvalue weighted by molar-refractivity contribution is 0.0955. The number of rotatable bonds is 7. The van der Waals surface area contributed by atoms with E-state index in [0.717, 1.165) is 5.52 Å². The summed E-state index contributed by atoms with van der Waals surface area (Å²) in [5, 5.41) is 10.6. The Hall–Kier alpha value is -3.61. The number of hydrogen-bond donors (Lipinski definition) is 2. The fourth-order valence-corrected chi connectivity index (χ4v) is 2.84. The van der Waals surface area contributed by atoms with Crippen LogP contribution in [-0.2, 0) is 0 Å². The molecule has 0 unspecified atom stereocenters.